The van der Waals surface area contributed by atoms with Gasteiger partial charge in [0, 0.05) is 28.2 Å². The van der Waals surface area contributed by atoms with Crippen molar-refractivity contribution in [3.05, 3.63) is 64.1 Å². The summed E-state index contributed by atoms with van der Waals surface area (Å²) in [5.74, 6) is 0.907. The lowest BCUT2D eigenvalue weighted by molar-refractivity contribution is -0.116. The van der Waals surface area contributed by atoms with E-state index in [0.29, 0.717) is 17.9 Å². The Hall–Kier alpha value is -2.86. The molecule has 1 aliphatic heterocycles. The molecule has 0 fully saturated rings. The summed E-state index contributed by atoms with van der Waals surface area (Å²) in [4.78, 5) is 13.5. The molecule has 6 heteroatoms. The second-order valence-corrected chi connectivity index (χ2v) is 7.23. The second-order valence-electron chi connectivity index (χ2n) is 6.31. The Morgan fingerprint density at radius 3 is 2.52 bits per heavy atom. The van der Waals surface area contributed by atoms with Gasteiger partial charge in [-0.2, -0.15) is 0 Å². The molecule has 138 valence electrons. The van der Waals surface area contributed by atoms with Gasteiger partial charge in [-0.3, -0.25) is 4.79 Å². The molecule has 0 spiro atoms. The molecule has 0 saturated heterocycles. The molecule has 1 amide bonds. The predicted octanol–water partition coefficient (Wildman–Crippen LogP) is 5.05. The molecule has 0 saturated carbocycles. The third-order valence-corrected chi connectivity index (χ3v) is 5.85. The van der Waals surface area contributed by atoms with Crippen LogP contribution in [-0.2, 0) is 4.79 Å². The van der Waals surface area contributed by atoms with E-state index in [1.165, 1.54) is 12.1 Å². The monoisotopic (exact) mass is 383 g/mol. The number of hydrogen-bond donors (Lipinski definition) is 1. The molecule has 27 heavy (non-hydrogen) atoms. The summed E-state index contributed by atoms with van der Waals surface area (Å²) in [7, 11) is 3.19. The summed E-state index contributed by atoms with van der Waals surface area (Å²) in [6, 6.07) is 12.0. The zero-order chi connectivity index (χ0) is 19.0. The lowest BCUT2D eigenvalue weighted by Gasteiger charge is -2.24. The topological polar surface area (TPSA) is 47.6 Å². The number of ether oxygens (including phenoxy) is 2. The molecule has 1 aliphatic rings. The van der Waals surface area contributed by atoms with Crippen molar-refractivity contribution in [3.63, 3.8) is 0 Å². The van der Waals surface area contributed by atoms with Crippen molar-refractivity contribution in [2.75, 3.05) is 19.5 Å². The minimum atomic E-state index is -0.282. The zero-order valence-electron chi connectivity index (χ0n) is 14.9. The maximum Gasteiger partial charge on any atom is 0.225 e. The van der Waals surface area contributed by atoms with Crippen LogP contribution in [0.4, 0.5) is 10.1 Å². The number of halogens is 1. The number of carbonyl (C=O) groups excluding carboxylic acids is 1. The third kappa shape index (κ3) is 3.17. The maximum absolute atomic E-state index is 13.3. The fourth-order valence-corrected chi connectivity index (χ4v) is 4.57. The van der Waals surface area contributed by atoms with E-state index < -0.39 is 0 Å². The van der Waals surface area contributed by atoms with Crippen molar-refractivity contribution in [2.24, 2.45) is 0 Å². The Kier molecular flexibility index (Phi) is 4.58. The highest BCUT2D eigenvalue weighted by Gasteiger charge is 2.31. The summed E-state index contributed by atoms with van der Waals surface area (Å²) in [5, 5.41) is 5.01. The molecule has 3 aromatic rings. The molecule has 1 N–H and O–H groups in total. The number of thiophene rings is 1. The van der Waals surface area contributed by atoms with Gasteiger partial charge in [0.25, 0.3) is 0 Å². The van der Waals surface area contributed by atoms with Crippen molar-refractivity contribution < 1.29 is 18.7 Å². The highest BCUT2D eigenvalue weighted by atomic mass is 32.1. The smallest absolute Gasteiger partial charge is 0.225 e. The average molecular weight is 383 g/mol. The first-order valence-electron chi connectivity index (χ1n) is 8.49. The van der Waals surface area contributed by atoms with Crippen LogP contribution in [0.2, 0.25) is 0 Å². The van der Waals surface area contributed by atoms with Gasteiger partial charge in [-0.1, -0.05) is 18.2 Å². The van der Waals surface area contributed by atoms with Gasteiger partial charge in [-0.25, -0.2) is 4.39 Å². The van der Waals surface area contributed by atoms with Gasteiger partial charge >= 0.3 is 0 Å². The van der Waals surface area contributed by atoms with Crippen molar-refractivity contribution in [3.8, 4) is 22.6 Å². The van der Waals surface area contributed by atoms with Crippen LogP contribution in [0.25, 0.3) is 11.1 Å². The largest absolute Gasteiger partial charge is 0.493 e. The Bertz CT molecular complexity index is 997. The third-order valence-electron chi connectivity index (χ3n) is 4.76. The summed E-state index contributed by atoms with van der Waals surface area (Å²) >= 11 is 1.60. The van der Waals surface area contributed by atoms with Crippen LogP contribution in [0, 0.1) is 5.82 Å². The number of fused-ring (bicyclic) bond motifs is 1. The van der Waals surface area contributed by atoms with Crippen molar-refractivity contribution >= 4 is 22.9 Å². The summed E-state index contributed by atoms with van der Waals surface area (Å²) in [6.45, 7) is 0. The number of nitrogens with one attached hydrogen (secondary N) is 1. The molecular formula is C21H18FNO3S. The first-order valence-corrected chi connectivity index (χ1v) is 9.37. The van der Waals surface area contributed by atoms with E-state index in [1.807, 2.05) is 23.6 Å². The summed E-state index contributed by atoms with van der Waals surface area (Å²) < 4.78 is 24.0. The molecule has 0 bridgehead atoms. The lowest BCUT2D eigenvalue weighted by Crippen LogP contribution is -2.22. The van der Waals surface area contributed by atoms with Gasteiger partial charge < -0.3 is 14.8 Å². The molecule has 4 nitrogen and oxygen atoms in total. The van der Waals surface area contributed by atoms with E-state index in [9.17, 15) is 9.18 Å². The summed E-state index contributed by atoms with van der Waals surface area (Å²) in [5.41, 5.74) is 3.59. The van der Waals surface area contributed by atoms with E-state index in [4.69, 9.17) is 9.47 Å². The minimum absolute atomic E-state index is 0.0379. The number of benzene rings is 2. The predicted molar refractivity (Wildman–Crippen MR) is 104 cm³/mol. The minimum Gasteiger partial charge on any atom is -0.493 e. The average Bonchev–Trinajstić information content (AvgIpc) is 3.11. The van der Waals surface area contributed by atoms with Crippen LogP contribution in [-0.4, -0.2) is 20.1 Å². The van der Waals surface area contributed by atoms with Crippen molar-refractivity contribution in [2.45, 2.75) is 12.3 Å². The van der Waals surface area contributed by atoms with E-state index in [2.05, 4.69) is 5.32 Å². The van der Waals surface area contributed by atoms with Gasteiger partial charge in [0.1, 0.15) is 5.82 Å². The van der Waals surface area contributed by atoms with Gasteiger partial charge in [0.05, 0.1) is 19.9 Å². The fraction of sp³-hybridized carbons (Fsp3) is 0.190. The highest BCUT2D eigenvalue weighted by Crippen LogP contribution is 2.47. The van der Waals surface area contributed by atoms with Crippen LogP contribution in [0.5, 0.6) is 11.5 Å². The Morgan fingerprint density at radius 1 is 1.07 bits per heavy atom. The Labute approximate surface area is 160 Å². The second kappa shape index (κ2) is 7.04. The Balaban J connectivity index is 1.78. The molecular weight excluding hydrogens is 365 g/mol. The molecule has 1 unspecified atom stereocenters. The normalized spacial score (nSPS) is 15.8. The van der Waals surface area contributed by atoms with Gasteiger partial charge in [-0.15, -0.1) is 11.3 Å². The zero-order valence-corrected chi connectivity index (χ0v) is 15.7. The first kappa shape index (κ1) is 17.5. The maximum atomic E-state index is 13.3. The van der Waals surface area contributed by atoms with Crippen LogP contribution >= 0.6 is 11.3 Å². The number of methoxy groups -OCH3 is 2. The van der Waals surface area contributed by atoms with Gasteiger partial charge in [-0.05, 0) is 35.4 Å². The number of rotatable bonds is 4. The standard InChI is InChI=1S/C21H18FNO3S/c1-25-17-8-5-13(9-18(17)26-2)15-10-19(24)23-20-16(11-27-21(15)20)12-3-6-14(22)7-4-12/h3-9,11,15H,10H2,1-2H3,(H,23,24). The SMILES string of the molecule is COc1ccc(C2CC(=O)Nc3c(-c4ccc(F)cc4)csc32)cc1OC. The quantitative estimate of drug-likeness (QED) is 0.686. The van der Waals surface area contributed by atoms with Crippen molar-refractivity contribution in [1.29, 1.82) is 0 Å². The number of hydrogen-bond acceptors (Lipinski definition) is 4. The van der Waals surface area contributed by atoms with E-state index in [0.717, 1.165) is 27.3 Å². The fourth-order valence-electron chi connectivity index (χ4n) is 3.41. The molecule has 0 radical (unpaired) electrons. The van der Waals surface area contributed by atoms with E-state index >= 15 is 0 Å². The lowest BCUT2D eigenvalue weighted by atomic mass is 9.89. The van der Waals surface area contributed by atoms with Crippen molar-refractivity contribution in [1.82, 2.24) is 0 Å². The van der Waals surface area contributed by atoms with Crippen LogP contribution in [0.1, 0.15) is 22.8 Å². The highest BCUT2D eigenvalue weighted by molar-refractivity contribution is 7.11. The molecule has 1 atom stereocenters. The molecule has 4 rings (SSSR count). The van der Waals surface area contributed by atoms with E-state index in [-0.39, 0.29) is 17.6 Å². The number of carbonyl (C=O) groups is 1. The van der Waals surface area contributed by atoms with Crippen LogP contribution < -0.4 is 14.8 Å². The first-order chi connectivity index (χ1) is 13.1. The number of anilines is 1. The van der Waals surface area contributed by atoms with Crippen LogP contribution in [0.15, 0.2) is 47.8 Å². The van der Waals surface area contributed by atoms with E-state index in [1.54, 1.807) is 37.7 Å². The van der Waals surface area contributed by atoms with Crippen LogP contribution in [0.3, 0.4) is 0 Å². The molecule has 1 aromatic heterocycles. The van der Waals surface area contributed by atoms with Gasteiger partial charge in [0.15, 0.2) is 11.5 Å². The molecule has 0 aliphatic carbocycles. The molecule has 2 aromatic carbocycles. The summed E-state index contributed by atoms with van der Waals surface area (Å²) in [6.07, 6.45) is 0.367. The number of amides is 1. The van der Waals surface area contributed by atoms with Gasteiger partial charge in [0.2, 0.25) is 5.91 Å². The molecule has 2 heterocycles. The Morgan fingerprint density at radius 2 is 1.81 bits per heavy atom.